The first-order valence-electron chi connectivity index (χ1n) is 11.7. The van der Waals surface area contributed by atoms with Gasteiger partial charge in [0.15, 0.2) is 0 Å². The van der Waals surface area contributed by atoms with Crippen molar-refractivity contribution < 1.29 is 0 Å². The van der Waals surface area contributed by atoms with Crippen molar-refractivity contribution in [1.82, 2.24) is 14.8 Å². The van der Waals surface area contributed by atoms with E-state index in [2.05, 4.69) is 93.2 Å². The van der Waals surface area contributed by atoms with Crippen molar-refractivity contribution in [2.24, 2.45) is 23.3 Å². The molecular formula is C30H53N3. The second-order valence-corrected chi connectivity index (χ2v) is 12.4. The molecule has 0 saturated carbocycles. The zero-order chi connectivity index (χ0) is 26.4. The smallest absolute Gasteiger partial charge is 0.0489 e. The molecule has 3 rings (SSSR count). The van der Waals surface area contributed by atoms with Gasteiger partial charge in [-0.1, -0.05) is 126 Å². The maximum atomic E-state index is 3.83. The monoisotopic (exact) mass is 455 g/mol. The molecule has 2 aromatic heterocycles. The molecule has 188 valence electrons. The normalized spacial score (nSPS) is 9.97. The molecule has 0 N–H and O–H groups in total. The van der Waals surface area contributed by atoms with E-state index in [1.165, 1.54) is 0 Å². The van der Waals surface area contributed by atoms with Crippen LogP contribution in [0.1, 0.15) is 83.1 Å². The average Bonchev–Trinajstić information content (AvgIpc) is 3.13. The fourth-order valence-electron chi connectivity index (χ4n) is 1.04. The molecular weight excluding hydrogens is 402 g/mol. The number of rotatable bonds is 0. The molecule has 0 saturated heterocycles. The minimum atomic E-state index is 0.500. The van der Waals surface area contributed by atoms with E-state index >= 15 is 0 Å². The standard InChI is InChI=1S/C6H6.C5H5N.3C5H12.C4H6N2/c2*1-2-4-6-5-3-1;3*1-5(2,3)4;1-6-4-2-3-5-6/h1-6H;1-5H;3*1-4H3;2-4H,1H3. The lowest BCUT2D eigenvalue weighted by Gasteiger charge is -2.05. The van der Waals surface area contributed by atoms with Crippen molar-refractivity contribution in [2.45, 2.75) is 83.1 Å². The molecule has 0 spiro atoms. The van der Waals surface area contributed by atoms with Crippen LogP contribution in [-0.2, 0) is 7.05 Å². The molecule has 0 aliphatic rings. The van der Waals surface area contributed by atoms with Gasteiger partial charge in [0.05, 0.1) is 0 Å². The van der Waals surface area contributed by atoms with Crippen LogP contribution in [0.2, 0.25) is 0 Å². The highest BCUT2D eigenvalue weighted by Gasteiger charge is 1.96. The number of benzene rings is 1. The zero-order valence-electron chi connectivity index (χ0n) is 23.9. The van der Waals surface area contributed by atoms with Gasteiger partial charge in [0, 0.05) is 31.8 Å². The van der Waals surface area contributed by atoms with Gasteiger partial charge < -0.3 is 0 Å². The van der Waals surface area contributed by atoms with Gasteiger partial charge in [0.1, 0.15) is 0 Å². The summed E-state index contributed by atoms with van der Waals surface area (Å²) in [4.78, 5) is 3.78. The van der Waals surface area contributed by atoms with E-state index in [0.29, 0.717) is 16.2 Å². The Balaban J connectivity index is -0.000000329. The second-order valence-electron chi connectivity index (χ2n) is 12.4. The Labute approximate surface area is 206 Å². The Hall–Kier alpha value is -2.42. The van der Waals surface area contributed by atoms with Crippen molar-refractivity contribution in [1.29, 1.82) is 0 Å². The highest BCUT2D eigenvalue weighted by Crippen LogP contribution is 2.08. The SMILES string of the molecule is CC(C)(C)C.CC(C)(C)C.CC(C)(C)C.Cn1cccn1.c1ccccc1.c1ccncc1. The molecule has 0 bridgehead atoms. The van der Waals surface area contributed by atoms with Gasteiger partial charge in [0.25, 0.3) is 0 Å². The van der Waals surface area contributed by atoms with Crippen LogP contribution in [-0.4, -0.2) is 14.8 Å². The molecule has 0 amide bonds. The summed E-state index contributed by atoms with van der Waals surface area (Å²) in [6.45, 7) is 26.2. The number of nitrogens with zero attached hydrogens (tertiary/aromatic N) is 3. The Morgan fingerprint density at radius 1 is 0.424 bits per heavy atom. The van der Waals surface area contributed by atoms with E-state index in [9.17, 15) is 0 Å². The van der Waals surface area contributed by atoms with Crippen LogP contribution in [0, 0.1) is 16.2 Å². The maximum absolute atomic E-state index is 3.83. The van der Waals surface area contributed by atoms with Gasteiger partial charge in [-0.25, -0.2) is 0 Å². The van der Waals surface area contributed by atoms with Gasteiger partial charge >= 0.3 is 0 Å². The third-order valence-electron chi connectivity index (χ3n) is 1.87. The topological polar surface area (TPSA) is 30.7 Å². The number of pyridine rings is 1. The van der Waals surface area contributed by atoms with E-state index in [0.717, 1.165) is 0 Å². The van der Waals surface area contributed by atoms with Crippen molar-refractivity contribution in [2.75, 3.05) is 0 Å². The summed E-state index contributed by atoms with van der Waals surface area (Å²) in [6.07, 6.45) is 7.14. The van der Waals surface area contributed by atoms with Crippen LogP contribution >= 0.6 is 0 Å². The van der Waals surface area contributed by atoms with Crippen molar-refractivity contribution >= 4 is 0 Å². The largest absolute Gasteiger partial charge is 0.276 e. The number of hydrogen-bond donors (Lipinski definition) is 0. The highest BCUT2D eigenvalue weighted by molar-refractivity contribution is 4.99. The van der Waals surface area contributed by atoms with E-state index < -0.39 is 0 Å². The summed E-state index contributed by atoms with van der Waals surface area (Å²) in [6, 6.07) is 19.6. The Morgan fingerprint density at radius 3 is 0.788 bits per heavy atom. The molecule has 0 fully saturated rings. The lowest BCUT2D eigenvalue weighted by Crippen LogP contribution is -1.93. The minimum absolute atomic E-state index is 0.500. The third kappa shape index (κ3) is 81.8. The summed E-state index contributed by atoms with van der Waals surface area (Å²) in [5, 5.41) is 3.83. The molecule has 1 aromatic carbocycles. The van der Waals surface area contributed by atoms with Crippen LogP contribution in [0.4, 0.5) is 0 Å². The second kappa shape index (κ2) is 20.2. The van der Waals surface area contributed by atoms with Crippen LogP contribution < -0.4 is 0 Å². The summed E-state index contributed by atoms with van der Waals surface area (Å²) in [5.41, 5.74) is 1.50. The van der Waals surface area contributed by atoms with Crippen LogP contribution in [0.15, 0.2) is 85.5 Å². The summed E-state index contributed by atoms with van der Waals surface area (Å²) in [7, 11) is 1.89. The summed E-state index contributed by atoms with van der Waals surface area (Å²) < 4.78 is 1.75. The van der Waals surface area contributed by atoms with E-state index in [1.807, 2.05) is 73.9 Å². The Kier molecular flexibility index (Phi) is 21.5. The molecule has 0 unspecified atom stereocenters. The van der Waals surface area contributed by atoms with Gasteiger partial charge in [-0.3, -0.25) is 9.67 Å². The summed E-state index contributed by atoms with van der Waals surface area (Å²) in [5.74, 6) is 0. The fraction of sp³-hybridized carbons (Fsp3) is 0.533. The Morgan fingerprint density at radius 2 is 0.697 bits per heavy atom. The van der Waals surface area contributed by atoms with Crippen molar-refractivity contribution in [3.63, 3.8) is 0 Å². The zero-order valence-corrected chi connectivity index (χ0v) is 23.9. The molecule has 0 aliphatic heterocycles. The molecule has 0 aliphatic carbocycles. The lowest BCUT2D eigenvalue weighted by molar-refractivity contribution is 0.469. The van der Waals surface area contributed by atoms with Crippen LogP contribution in [0.3, 0.4) is 0 Å². The fourth-order valence-corrected chi connectivity index (χ4v) is 1.04. The van der Waals surface area contributed by atoms with E-state index in [4.69, 9.17) is 0 Å². The minimum Gasteiger partial charge on any atom is -0.276 e. The highest BCUT2D eigenvalue weighted by atomic mass is 15.2. The first-order chi connectivity index (χ1) is 14.9. The first-order valence-corrected chi connectivity index (χ1v) is 11.7. The van der Waals surface area contributed by atoms with Crippen molar-refractivity contribution in [3.8, 4) is 0 Å². The van der Waals surface area contributed by atoms with Gasteiger partial charge in [-0.15, -0.1) is 0 Å². The first kappa shape index (κ1) is 35.2. The number of hydrogen-bond acceptors (Lipinski definition) is 2. The molecule has 2 heterocycles. The van der Waals surface area contributed by atoms with Gasteiger partial charge in [-0.05, 0) is 34.4 Å². The predicted molar refractivity (Wildman–Crippen MR) is 149 cm³/mol. The average molecular weight is 456 g/mol. The predicted octanol–water partition coefficient (Wildman–Crippen LogP) is 9.35. The van der Waals surface area contributed by atoms with E-state index in [1.54, 1.807) is 23.3 Å². The van der Waals surface area contributed by atoms with Crippen molar-refractivity contribution in [3.05, 3.63) is 85.5 Å². The third-order valence-corrected chi connectivity index (χ3v) is 1.87. The molecule has 3 heteroatoms. The van der Waals surface area contributed by atoms with Crippen LogP contribution in [0.5, 0.6) is 0 Å². The summed E-state index contributed by atoms with van der Waals surface area (Å²) >= 11 is 0. The molecule has 0 atom stereocenters. The van der Waals surface area contributed by atoms with Gasteiger partial charge in [0.2, 0.25) is 0 Å². The number of aryl methyl sites for hydroxylation is 1. The molecule has 33 heavy (non-hydrogen) atoms. The molecule has 3 aromatic rings. The van der Waals surface area contributed by atoms with E-state index in [-0.39, 0.29) is 0 Å². The van der Waals surface area contributed by atoms with Crippen LogP contribution in [0.25, 0.3) is 0 Å². The lowest BCUT2D eigenvalue weighted by atomic mass is 10.0. The number of aromatic nitrogens is 3. The maximum Gasteiger partial charge on any atom is 0.0489 e. The van der Waals surface area contributed by atoms with Gasteiger partial charge in [-0.2, -0.15) is 5.10 Å². The molecule has 0 radical (unpaired) electrons. The quantitative estimate of drug-likeness (QED) is 0.338. The Bertz CT molecular complexity index is 568. The molecule has 3 nitrogen and oxygen atoms in total.